The molecule has 0 heterocycles. The van der Waals surface area contributed by atoms with E-state index < -0.39 is 12.1 Å². The molecule has 4 amide bonds. The fourth-order valence-corrected chi connectivity index (χ4v) is 3.98. The Kier molecular flexibility index (Phi) is 9.36. The minimum Gasteiger partial charge on any atom is -0.489 e. The molecular formula is C30H30N4O5. The molecule has 200 valence electrons. The minimum absolute atomic E-state index is 0.248. The molecule has 0 atom stereocenters. The highest BCUT2D eigenvalue weighted by Crippen LogP contribution is 2.34. The molecule has 4 N–H and O–H groups in total. The van der Waals surface area contributed by atoms with Gasteiger partial charge in [0.25, 0.3) is 0 Å². The Morgan fingerprint density at radius 3 is 1.26 bits per heavy atom. The zero-order valence-electron chi connectivity index (χ0n) is 21.3. The molecule has 4 aromatic carbocycles. The SMILES string of the molecule is NC(=O)N(c1ccccc1)c1ccccc1OCCOCCOc1ccccc1N(C(N)=O)c1ccccc1. The first-order valence-electron chi connectivity index (χ1n) is 12.4. The van der Waals surface area contributed by atoms with Gasteiger partial charge in [0, 0.05) is 0 Å². The number of hydrogen-bond donors (Lipinski definition) is 2. The zero-order valence-corrected chi connectivity index (χ0v) is 21.3. The molecule has 4 aromatic rings. The van der Waals surface area contributed by atoms with E-state index in [-0.39, 0.29) is 13.2 Å². The van der Waals surface area contributed by atoms with Crippen molar-refractivity contribution < 1.29 is 23.8 Å². The summed E-state index contributed by atoms with van der Waals surface area (Å²) in [6.07, 6.45) is 0. The predicted molar refractivity (Wildman–Crippen MR) is 151 cm³/mol. The molecule has 0 saturated heterocycles. The second-order valence-corrected chi connectivity index (χ2v) is 8.26. The van der Waals surface area contributed by atoms with Crippen LogP contribution in [0.5, 0.6) is 11.5 Å². The normalized spacial score (nSPS) is 10.5. The number of carbonyl (C=O) groups is 2. The van der Waals surface area contributed by atoms with E-state index in [1.165, 1.54) is 9.80 Å². The third-order valence-corrected chi connectivity index (χ3v) is 5.65. The molecule has 0 aliphatic rings. The van der Waals surface area contributed by atoms with Gasteiger partial charge in [-0.3, -0.25) is 9.80 Å². The van der Waals surface area contributed by atoms with Crippen molar-refractivity contribution in [2.45, 2.75) is 0 Å². The lowest BCUT2D eigenvalue weighted by Gasteiger charge is -2.23. The summed E-state index contributed by atoms with van der Waals surface area (Å²) < 4.78 is 17.5. The Morgan fingerprint density at radius 2 is 0.872 bits per heavy atom. The first kappa shape index (κ1) is 27.0. The van der Waals surface area contributed by atoms with Crippen LogP contribution in [0.4, 0.5) is 32.3 Å². The van der Waals surface area contributed by atoms with Gasteiger partial charge in [0.15, 0.2) is 0 Å². The molecule has 0 aliphatic carbocycles. The average molecular weight is 527 g/mol. The van der Waals surface area contributed by atoms with Crippen molar-refractivity contribution in [2.75, 3.05) is 36.2 Å². The number of hydrogen-bond acceptors (Lipinski definition) is 5. The van der Waals surface area contributed by atoms with Crippen LogP contribution in [-0.4, -0.2) is 38.5 Å². The number of nitrogens with zero attached hydrogens (tertiary/aromatic N) is 2. The molecule has 0 saturated carbocycles. The molecule has 0 aliphatic heterocycles. The molecular weight excluding hydrogens is 496 g/mol. The van der Waals surface area contributed by atoms with Crippen LogP contribution in [0.1, 0.15) is 0 Å². The second kappa shape index (κ2) is 13.5. The highest BCUT2D eigenvalue weighted by molar-refractivity contribution is 6.00. The summed E-state index contributed by atoms with van der Waals surface area (Å²) in [6, 6.07) is 31.3. The maximum atomic E-state index is 12.2. The first-order chi connectivity index (χ1) is 19.1. The maximum absolute atomic E-state index is 12.2. The topological polar surface area (TPSA) is 120 Å². The number of urea groups is 2. The summed E-state index contributed by atoms with van der Waals surface area (Å²) >= 11 is 0. The Labute approximate surface area is 227 Å². The Bertz CT molecular complexity index is 1260. The quantitative estimate of drug-likeness (QED) is 0.233. The highest BCUT2D eigenvalue weighted by Gasteiger charge is 2.20. The van der Waals surface area contributed by atoms with E-state index in [4.69, 9.17) is 25.7 Å². The van der Waals surface area contributed by atoms with Crippen molar-refractivity contribution in [1.82, 2.24) is 0 Å². The van der Waals surface area contributed by atoms with Crippen LogP contribution in [0.2, 0.25) is 0 Å². The standard InChI is InChI=1S/C30H30N4O5/c31-29(35)33(23-11-3-1-4-12-23)25-15-7-9-17-27(25)38-21-19-37-20-22-39-28-18-10-8-16-26(28)34(30(32)36)24-13-5-2-6-14-24/h1-18H,19-22H2,(H2,31,35)(H2,32,36). The number of anilines is 4. The van der Waals surface area contributed by atoms with Crippen LogP contribution >= 0.6 is 0 Å². The summed E-state index contributed by atoms with van der Waals surface area (Å²) in [7, 11) is 0. The van der Waals surface area contributed by atoms with Crippen molar-refractivity contribution in [3.8, 4) is 11.5 Å². The number of ether oxygens (including phenoxy) is 3. The lowest BCUT2D eigenvalue weighted by molar-refractivity contribution is 0.0767. The van der Waals surface area contributed by atoms with E-state index >= 15 is 0 Å². The van der Waals surface area contributed by atoms with Gasteiger partial charge in [-0.15, -0.1) is 0 Å². The molecule has 9 nitrogen and oxygen atoms in total. The fraction of sp³-hybridized carbons (Fsp3) is 0.133. The van der Waals surface area contributed by atoms with Gasteiger partial charge in [-0.25, -0.2) is 9.59 Å². The van der Waals surface area contributed by atoms with Crippen LogP contribution in [0.15, 0.2) is 109 Å². The van der Waals surface area contributed by atoms with Gasteiger partial charge in [-0.2, -0.15) is 0 Å². The van der Waals surface area contributed by atoms with Crippen LogP contribution < -0.4 is 30.7 Å². The van der Waals surface area contributed by atoms with Gasteiger partial charge >= 0.3 is 12.1 Å². The van der Waals surface area contributed by atoms with Gasteiger partial charge in [0.05, 0.1) is 36.0 Å². The highest BCUT2D eigenvalue weighted by atomic mass is 16.5. The minimum atomic E-state index is -0.618. The fourth-order valence-electron chi connectivity index (χ4n) is 3.98. The molecule has 9 heteroatoms. The first-order valence-corrected chi connectivity index (χ1v) is 12.4. The molecule has 4 rings (SSSR count). The average Bonchev–Trinajstić information content (AvgIpc) is 2.95. The number of primary amides is 2. The molecule has 0 radical (unpaired) electrons. The van der Waals surface area contributed by atoms with Crippen LogP contribution in [0, 0.1) is 0 Å². The third-order valence-electron chi connectivity index (χ3n) is 5.65. The van der Waals surface area contributed by atoms with Gasteiger partial charge in [-0.05, 0) is 48.5 Å². The van der Waals surface area contributed by atoms with Crippen molar-refractivity contribution in [1.29, 1.82) is 0 Å². The van der Waals surface area contributed by atoms with E-state index in [1.807, 2.05) is 60.7 Å². The lowest BCUT2D eigenvalue weighted by atomic mass is 10.2. The van der Waals surface area contributed by atoms with E-state index in [9.17, 15) is 9.59 Å². The molecule has 39 heavy (non-hydrogen) atoms. The predicted octanol–water partition coefficient (Wildman–Crippen LogP) is 5.59. The van der Waals surface area contributed by atoms with Gasteiger partial charge in [-0.1, -0.05) is 60.7 Å². The molecule has 0 spiro atoms. The molecule has 0 unspecified atom stereocenters. The van der Waals surface area contributed by atoms with Crippen LogP contribution in [-0.2, 0) is 4.74 Å². The van der Waals surface area contributed by atoms with E-state index in [1.54, 1.807) is 48.5 Å². The van der Waals surface area contributed by atoms with Crippen molar-refractivity contribution >= 4 is 34.8 Å². The smallest absolute Gasteiger partial charge is 0.324 e. The van der Waals surface area contributed by atoms with Crippen molar-refractivity contribution in [3.63, 3.8) is 0 Å². The number of rotatable bonds is 12. The zero-order chi connectivity index (χ0) is 27.5. The Balaban J connectivity index is 1.30. The lowest BCUT2D eigenvalue weighted by Crippen LogP contribution is -2.31. The van der Waals surface area contributed by atoms with Gasteiger partial charge in [0.2, 0.25) is 0 Å². The monoisotopic (exact) mass is 526 g/mol. The van der Waals surface area contributed by atoms with Gasteiger partial charge in [0.1, 0.15) is 24.7 Å². The molecule has 0 fully saturated rings. The Hall–Kier alpha value is -5.02. The summed E-state index contributed by atoms with van der Waals surface area (Å²) in [6.45, 7) is 1.08. The Morgan fingerprint density at radius 1 is 0.513 bits per heavy atom. The van der Waals surface area contributed by atoms with Crippen molar-refractivity contribution in [2.24, 2.45) is 11.5 Å². The van der Waals surface area contributed by atoms with Crippen molar-refractivity contribution in [3.05, 3.63) is 109 Å². The molecule has 0 bridgehead atoms. The molecule has 0 aromatic heterocycles. The largest absolute Gasteiger partial charge is 0.489 e. The summed E-state index contributed by atoms with van der Waals surface area (Å²) in [5, 5.41) is 0. The van der Waals surface area contributed by atoms with Crippen LogP contribution in [0.3, 0.4) is 0 Å². The van der Waals surface area contributed by atoms with Crippen LogP contribution in [0.25, 0.3) is 0 Å². The van der Waals surface area contributed by atoms with Gasteiger partial charge < -0.3 is 25.7 Å². The summed E-state index contributed by atoms with van der Waals surface area (Å²) in [5.41, 5.74) is 13.7. The number of benzene rings is 4. The maximum Gasteiger partial charge on any atom is 0.324 e. The number of amides is 4. The van der Waals surface area contributed by atoms with E-state index in [0.717, 1.165) is 0 Å². The number of carbonyl (C=O) groups excluding carboxylic acids is 2. The van der Waals surface area contributed by atoms with E-state index in [2.05, 4.69) is 0 Å². The third kappa shape index (κ3) is 7.06. The second-order valence-electron chi connectivity index (χ2n) is 8.26. The summed E-state index contributed by atoms with van der Waals surface area (Å²) in [5.74, 6) is 1.00. The number of nitrogens with two attached hydrogens (primary N) is 2. The summed E-state index contributed by atoms with van der Waals surface area (Å²) in [4.78, 5) is 27.2. The number of para-hydroxylation sites is 6. The van der Waals surface area contributed by atoms with E-state index in [0.29, 0.717) is 47.5 Å².